The van der Waals surface area contributed by atoms with Gasteiger partial charge in [-0.15, -0.1) is 0 Å². The Kier molecular flexibility index (Phi) is 3.73. The number of benzene rings is 1. The summed E-state index contributed by atoms with van der Waals surface area (Å²) in [5.41, 5.74) is 6.23. The van der Waals surface area contributed by atoms with Crippen LogP contribution in [0, 0.1) is 5.92 Å². The van der Waals surface area contributed by atoms with Crippen LogP contribution in [-0.4, -0.2) is 25.3 Å². The molecule has 0 spiro atoms. The molecule has 2 unspecified atom stereocenters. The minimum atomic E-state index is -3.45. The standard InChI is InChI=1S/C15H22N2O2S/c16-13-8-2-4-10-15(13)20(18,19)17-11-5-7-12-6-1-3-9-14(12)17/h2,4,8,10,12,14H,1,3,5-7,9,11,16H2. The zero-order valence-electron chi connectivity index (χ0n) is 11.7. The van der Waals surface area contributed by atoms with E-state index in [1.807, 2.05) is 0 Å². The number of nitrogens with two attached hydrogens (primary N) is 1. The van der Waals surface area contributed by atoms with Crippen molar-refractivity contribution in [3.63, 3.8) is 0 Å². The first-order chi connectivity index (χ1) is 9.60. The Labute approximate surface area is 121 Å². The Morgan fingerprint density at radius 3 is 2.55 bits per heavy atom. The van der Waals surface area contributed by atoms with Crippen LogP contribution in [0.5, 0.6) is 0 Å². The summed E-state index contributed by atoms with van der Waals surface area (Å²) in [5.74, 6) is 0.539. The summed E-state index contributed by atoms with van der Waals surface area (Å²) in [7, 11) is -3.45. The van der Waals surface area contributed by atoms with Crippen LogP contribution >= 0.6 is 0 Å². The molecule has 2 aliphatic rings. The molecule has 0 aromatic heterocycles. The van der Waals surface area contributed by atoms with Crippen molar-refractivity contribution < 1.29 is 8.42 Å². The third-order valence-electron chi connectivity index (χ3n) is 4.70. The Hall–Kier alpha value is -1.07. The Bertz CT molecular complexity index is 583. The van der Waals surface area contributed by atoms with Crippen molar-refractivity contribution in [3.8, 4) is 0 Å². The largest absolute Gasteiger partial charge is 0.398 e. The first-order valence-corrected chi connectivity index (χ1v) is 8.91. The zero-order chi connectivity index (χ0) is 14.2. The molecule has 20 heavy (non-hydrogen) atoms. The van der Waals surface area contributed by atoms with E-state index >= 15 is 0 Å². The lowest BCUT2D eigenvalue weighted by Crippen LogP contribution is -2.49. The lowest BCUT2D eigenvalue weighted by atomic mass is 9.79. The molecule has 1 saturated carbocycles. The molecule has 0 amide bonds. The summed E-state index contributed by atoms with van der Waals surface area (Å²) >= 11 is 0. The fourth-order valence-corrected chi connectivity index (χ4v) is 5.59. The summed E-state index contributed by atoms with van der Waals surface area (Å²) < 4.78 is 27.5. The van der Waals surface area contributed by atoms with E-state index in [2.05, 4.69) is 0 Å². The van der Waals surface area contributed by atoms with E-state index in [9.17, 15) is 8.42 Å². The second-order valence-electron chi connectivity index (χ2n) is 5.91. The Morgan fingerprint density at radius 2 is 1.75 bits per heavy atom. The van der Waals surface area contributed by atoms with Gasteiger partial charge in [0, 0.05) is 12.6 Å². The minimum Gasteiger partial charge on any atom is -0.398 e. The van der Waals surface area contributed by atoms with Gasteiger partial charge in [0.15, 0.2) is 0 Å². The van der Waals surface area contributed by atoms with Crippen molar-refractivity contribution in [2.75, 3.05) is 12.3 Å². The van der Waals surface area contributed by atoms with Crippen molar-refractivity contribution in [2.24, 2.45) is 5.92 Å². The van der Waals surface area contributed by atoms with Crippen molar-refractivity contribution in [2.45, 2.75) is 49.5 Å². The van der Waals surface area contributed by atoms with Crippen LogP contribution in [-0.2, 0) is 10.0 Å². The fourth-order valence-electron chi connectivity index (χ4n) is 3.72. The lowest BCUT2D eigenvalue weighted by molar-refractivity contribution is 0.129. The number of fused-ring (bicyclic) bond motifs is 1. The summed E-state index contributed by atoms with van der Waals surface area (Å²) in [6, 6.07) is 6.98. The van der Waals surface area contributed by atoms with Crippen molar-refractivity contribution in [3.05, 3.63) is 24.3 Å². The molecule has 2 atom stereocenters. The number of para-hydroxylation sites is 1. The van der Waals surface area contributed by atoms with E-state index in [0.29, 0.717) is 18.2 Å². The van der Waals surface area contributed by atoms with Gasteiger partial charge in [0.2, 0.25) is 10.0 Å². The lowest BCUT2D eigenvalue weighted by Gasteiger charge is -2.43. The van der Waals surface area contributed by atoms with Gasteiger partial charge in [-0.1, -0.05) is 25.0 Å². The molecule has 1 aliphatic heterocycles. The van der Waals surface area contributed by atoms with Crippen LogP contribution in [0.4, 0.5) is 5.69 Å². The number of sulfonamides is 1. The Morgan fingerprint density at radius 1 is 1.05 bits per heavy atom. The van der Waals surface area contributed by atoms with Crippen molar-refractivity contribution in [1.82, 2.24) is 4.31 Å². The van der Waals surface area contributed by atoms with Gasteiger partial charge in [-0.3, -0.25) is 0 Å². The molecule has 1 saturated heterocycles. The number of hydrogen-bond donors (Lipinski definition) is 1. The number of hydrogen-bond acceptors (Lipinski definition) is 3. The normalized spacial score (nSPS) is 28.0. The topological polar surface area (TPSA) is 63.4 Å². The van der Waals surface area contributed by atoms with Crippen LogP contribution in [0.25, 0.3) is 0 Å². The van der Waals surface area contributed by atoms with Crippen molar-refractivity contribution in [1.29, 1.82) is 0 Å². The molecular formula is C15H22N2O2S. The minimum absolute atomic E-state index is 0.183. The third-order valence-corrected chi connectivity index (χ3v) is 6.70. The first-order valence-electron chi connectivity index (χ1n) is 7.47. The van der Waals surface area contributed by atoms with E-state index in [0.717, 1.165) is 19.3 Å². The molecule has 2 N–H and O–H groups in total. The molecule has 3 rings (SSSR count). The van der Waals surface area contributed by atoms with E-state index in [4.69, 9.17) is 5.73 Å². The molecule has 1 aromatic rings. The highest BCUT2D eigenvalue weighted by atomic mass is 32.2. The van der Waals surface area contributed by atoms with E-state index in [-0.39, 0.29) is 10.9 Å². The number of anilines is 1. The van der Waals surface area contributed by atoms with Gasteiger partial charge < -0.3 is 5.73 Å². The second-order valence-corrected chi connectivity index (χ2v) is 7.77. The monoisotopic (exact) mass is 294 g/mol. The van der Waals surface area contributed by atoms with E-state index in [1.165, 1.54) is 19.3 Å². The zero-order valence-corrected chi connectivity index (χ0v) is 12.5. The van der Waals surface area contributed by atoms with Gasteiger partial charge in [-0.25, -0.2) is 8.42 Å². The number of piperidine rings is 1. The highest BCUT2D eigenvalue weighted by Gasteiger charge is 2.40. The SMILES string of the molecule is Nc1ccccc1S(=O)(=O)N1CCCC2CCCCC21. The van der Waals surface area contributed by atoms with Gasteiger partial charge in [-0.2, -0.15) is 4.31 Å². The van der Waals surface area contributed by atoms with Crippen LogP contribution in [0.3, 0.4) is 0 Å². The average Bonchev–Trinajstić information content (AvgIpc) is 2.47. The van der Waals surface area contributed by atoms with Crippen LogP contribution in [0.15, 0.2) is 29.2 Å². The van der Waals surface area contributed by atoms with Crippen LogP contribution in [0.1, 0.15) is 38.5 Å². The van der Waals surface area contributed by atoms with E-state index in [1.54, 1.807) is 28.6 Å². The maximum Gasteiger partial charge on any atom is 0.245 e. The number of nitrogen functional groups attached to an aromatic ring is 1. The van der Waals surface area contributed by atoms with Gasteiger partial charge in [0.05, 0.1) is 5.69 Å². The van der Waals surface area contributed by atoms with Gasteiger partial charge in [0.25, 0.3) is 0 Å². The summed E-state index contributed by atoms with van der Waals surface area (Å²) in [6.45, 7) is 0.637. The van der Waals surface area contributed by atoms with E-state index < -0.39 is 10.0 Å². The van der Waals surface area contributed by atoms with Gasteiger partial charge >= 0.3 is 0 Å². The summed E-state index contributed by atoms with van der Waals surface area (Å²) in [5, 5.41) is 0. The molecule has 4 nitrogen and oxygen atoms in total. The predicted molar refractivity (Wildman–Crippen MR) is 79.7 cm³/mol. The average molecular weight is 294 g/mol. The molecule has 110 valence electrons. The van der Waals surface area contributed by atoms with Gasteiger partial charge in [-0.05, 0) is 43.7 Å². The highest BCUT2D eigenvalue weighted by Crippen LogP contribution is 2.38. The highest BCUT2D eigenvalue weighted by molar-refractivity contribution is 7.89. The Balaban J connectivity index is 1.96. The predicted octanol–water partition coefficient (Wildman–Crippen LogP) is 2.61. The van der Waals surface area contributed by atoms with Crippen molar-refractivity contribution >= 4 is 15.7 Å². The first kappa shape index (κ1) is 13.9. The molecule has 2 fully saturated rings. The van der Waals surface area contributed by atoms with Crippen LogP contribution < -0.4 is 5.73 Å². The molecule has 1 heterocycles. The second kappa shape index (κ2) is 5.37. The number of rotatable bonds is 2. The molecule has 0 radical (unpaired) electrons. The smallest absolute Gasteiger partial charge is 0.245 e. The molecule has 5 heteroatoms. The quantitative estimate of drug-likeness (QED) is 0.853. The number of nitrogens with zero attached hydrogens (tertiary/aromatic N) is 1. The van der Waals surface area contributed by atoms with Crippen LogP contribution in [0.2, 0.25) is 0 Å². The van der Waals surface area contributed by atoms with Gasteiger partial charge in [0.1, 0.15) is 4.90 Å². The molecule has 1 aliphatic carbocycles. The maximum absolute atomic E-state index is 12.9. The third kappa shape index (κ3) is 2.33. The summed E-state index contributed by atoms with van der Waals surface area (Å²) in [6.07, 6.45) is 6.67. The fraction of sp³-hybridized carbons (Fsp3) is 0.600. The molecule has 0 bridgehead atoms. The summed E-state index contributed by atoms with van der Waals surface area (Å²) in [4.78, 5) is 0.270. The molecule has 1 aromatic carbocycles. The maximum atomic E-state index is 12.9. The molecular weight excluding hydrogens is 272 g/mol.